The van der Waals surface area contributed by atoms with Gasteiger partial charge in [0.25, 0.3) is 0 Å². The van der Waals surface area contributed by atoms with Crippen molar-refractivity contribution in [2.24, 2.45) is 0 Å². The molecule has 1 heterocycles. The molecule has 1 aliphatic carbocycles. The Morgan fingerprint density at radius 1 is 1.26 bits per heavy atom. The number of halogens is 2. The van der Waals surface area contributed by atoms with Gasteiger partial charge in [-0.1, -0.05) is 43.7 Å². The highest BCUT2D eigenvalue weighted by Gasteiger charge is 2.37. The molecular weight excluding hydrogens is 418 g/mol. The van der Waals surface area contributed by atoms with Crippen LogP contribution in [-0.4, -0.2) is 22.8 Å². The van der Waals surface area contributed by atoms with E-state index in [0.29, 0.717) is 0 Å². The molecule has 1 aromatic carbocycles. The minimum Gasteiger partial charge on any atom is -0.351 e. The fourth-order valence-corrected chi connectivity index (χ4v) is 4.61. The van der Waals surface area contributed by atoms with Gasteiger partial charge in [0.2, 0.25) is 11.8 Å². The Labute approximate surface area is 185 Å². The molecule has 1 aliphatic rings. The summed E-state index contributed by atoms with van der Waals surface area (Å²) in [6.45, 7) is 4.82. The van der Waals surface area contributed by atoms with E-state index < -0.39 is 29.5 Å². The Morgan fingerprint density at radius 2 is 1.97 bits per heavy atom. The maximum absolute atomic E-state index is 14.8. The van der Waals surface area contributed by atoms with Gasteiger partial charge >= 0.3 is 0 Å². The summed E-state index contributed by atoms with van der Waals surface area (Å²) in [5, 5.41) is 4.77. The SMILES string of the molecule is C=CC(=C(C)F)N(C(=O)Cc1cccs1)C(C(=O)NC1CCCC1)c1ccccc1F. The molecule has 3 rings (SSSR count). The molecule has 1 N–H and O–H groups in total. The summed E-state index contributed by atoms with van der Waals surface area (Å²) in [6, 6.07) is 7.98. The molecule has 2 amide bonds. The molecule has 1 atom stereocenters. The van der Waals surface area contributed by atoms with Crippen LogP contribution >= 0.6 is 11.3 Å². The van der Waals surface area contributed by atoms with Crippen molar-refractivity contribution in [1.82, 2.24) is 10.2 Å². The van der Waals surface area contributed by atoms with E-state index in [1.54, 1.807) is 12.1 Å². The topological polar surface area (TPSA) is 49.4 Å². The lowest BCUT2D eigenvalue weighted by atomic mass is 10.0. The highest BCUT2D eigenvalue weighted by Crippen LogP contribution is 2.31. The first-order valence-electron chi connectivity index (χ1n) is 10.3. The normalized spacial score (nSPS) is 15.8. The molecule has 1 aromatic heterocycles. The number of amides is 2. The van der Waals surface area contributed by atoms with Gasteiger partial charge in [-0.15, -0.1) is 11.3 Å². The van der Waals surface area contributed by atoms with E-state index in [-0.39, 0.29) is 23.7 Å². The second-order valence-corrected chi connectivity index (χ2v) is 8.59. The first-order valence-corrected chi connectivity index (χ1v) is 11.2. The van der Waals surface area contributed by atoms with E-state index in [9.17, 15) is 18.4 Å². The molecule has 7 heteroatoms. The predicted molar refractivity (Wildman–Crippen MR) is 118 cm³/mol. The Kier molecular flexibility index (Phi) is 7.74. The molecule has 0 radical (unpaired) electrons. The second-order valence-electron chi connectivity index (χ2n) is 7.56. The Hall–Kier alpha value is -2.80. The van der Waals surface area contributed by atoms with Crippen molar-refractivity contribution in [3.05, 3.63) is 82.2 Å². The molecule has 1 saturated carbocycles. The Balaban J connectivity index is 2.07. The van der Waals surface area contributed by atoms with Crippen molar-refractivity contribution in [2.45, 2.75) is 51.1 Å². The van der Waals surface area contributed by atoms with Crippen molar-refractivity contribution in [3.8, 4) is 0 Å². The van der Waals surface area contributed by atoms with Gasteiger partial charge in [0.15, 0.2) is 0 Å². The number of benzene rings is 1. The number of nitrogens with zero attached hydrogens (tertiary/aromatic N) is 1. The maximum Gasteiger partial charge on any atom is 0.248 e. The molecule has 4 nitrogen and oxygen atoms in total. The summed E-state index contributed by atoms with van der Waals surface area (Å²) in [7, 11) is 0. The van der Waals surface area contributed by atoms with Crippen LogP contribution < -0.4 is 5.32 Å². The number of allylic oxidation sites excluding steroid dienone is 2. The van der Waals surface area contributed by atoms with E-state index in [0.717, 1.165) is 35.5 Å². The van der Waals surface area contributed by atoms with Gasteiger partial charge in [-0.05, 0) is 43.4 Å². The van der Waals surface area contributed by atoms with Crippen molar-refractivity contribution in [1.29, 1.82) is 0 Å². The number of nitrogens with one attached hydrogen (secondary N) is 1. The lowest BCUT2D eigenvalue weighted by Crippen LogP contribution is -2.46. The molecule has 1 fully saturated rings. The van der Waals surface area contributed by atoms with Crippen LogP contribution in [0.4, 0.5) is 8.78 Å². The lowest BCUT2D eigenvalue weighted by molar-refractivity contribution is -0.138. The molecule has 0 spiro atoms. The van der Waals surface area contributed by atoms with Crippen LogP contribution in [0.5, 0.6) is 0 Å². The lowest BCUT2D eigenvalue weighted by Gasteiger charge is -2.33. The summed E-state index contributed by atoms with van der Waals surface area (Å²) in [6.07, 6.45) is 4.80. The summed E-state index contributed by atoms with van der Waals surface area (Å²) in [5.41, 5.74) is -0.130. The molecule has 2 aromatic rings. The van der Waals surface area contributed by atoms with Gasteiger partial charge in [-0.2, -0.15) is 0 Å². The molecule has 31 heavy (non-hydrogen) atoms. The second kappa shape index (κ2) is 10.5. The third kappa shape index (κ3) is 5.47. The van der Waals surface area contributed by atoms with Gasteiger partial charge in [0.05, 0.1) is 12.1 Å². The first-order chi connectivity index (χ1) is 14.9. The minimum atomic E-state index is -1.35. The first kappa shape index (κ1) is 22.9. The predicted octanol–water partition coefficient (Wildman–Crippen LogP) is 5.45. The van der Waals surface area contributed by atoms with Crippen molar-refractivity contribution in [3.63, 3.8) is 0 Å². The fraction of sp³-hybridized carbons (Fsp3) is 0.333. The largest absolute Gasteiger partial charge is 0.351 e. The number of rotatable bonds is 8. The zero-order valence-electron chi connectivity index (χ0n) is 17.4. The van der Waals surface area contributed by atoms with Crippen molar-refractivity contribution in [2.75, 3.05) is 0 Å². The Morgan fingerprint density at radius 3 is 2.55 bits per heavy atom. The number of hydrogen-bond acceptors (Lipinski definition) is 3. The number of thiophene rings is 1. The van der Waals surface area contributed by atoms with E-state index >= 15 is 0 Å². The van der Waals surface area contributed by atoms with Gasteiger partial charge in [-0.3, -0.25) is 14.5 Å². The zero-order chi connectivity index (χ0) is 22.4. The van der Waals surface area contributed by atoms with Crippen LogP contribution in [0.15, 0.2) is 66.0 Å². The van der Waals surface area contributed by atoms with Gasteiger partial charge in [-0.25, -0.2) is 8.78 Å². The van der Waals surface area contributed by atoms with Crippen LogP contribution in [0.1, 0.15) is 49.1 Å². The van der Waals surface area contributed by atoms with Crippen LogP contribution in [0, 0.1) is 5.82 Å². The number of carbonyl (C=O) groups excluding carboxylic acids is 2. The molecular formula is C24H26F2N2O2S. The summed E-state index contributed by atoms with van der Waals surface area (Å²) >= 11 is 1.38. The molecule has 0 saturated heterocycles. The van der Waals surface area contributed by atoms with Crippen molar-refractivity contribution < 1.29 is 18.4 Å². The van der Waals surface area contributed by atoms with E-state index in [1.165, 1.54) is 42.5 Å². The molecule has 1 unspecified atom stereocenters. The van der Waals surface area contributed by atoms with Gasteiger partial charge in [0.1, 0.15) is 17.7 Å². The van der Waals surface area contributed by atoms with Crippen LogP contribution in [0.3, 0.4) is 0 Å². The molecule has 0 bridgehead atoms. The summed E-state index contributed by atoms with van der Waals surface area (Å²) in [4.78, 5) is 28.6. The maximum atomic E-state index is 14.8. The molecule has 0 aliphatic heterocycles. The quantitative estimate of drug-likeness (QED) is 0.551. The number of carbonyl (C=O) groups is 2. The fourth-order valence-electron chi connectivity index (χ4n) is 3.91. The van der Waals surface area contributed by atoms with Gasteiger partial charge in [0, 0.05) is 16.5 Å². The van der Waals surface area contributed by atoms with E-state index in [1.807, 2.05) is 11.4 Å². The Bertz CT molecular complexity index is 962. The van der Waals surface area contributed by atoms with E-state index in [4.69, 9.17) is 0 Å². The third-order valence-electron chi connectivity index (χ3n) is 5.39. The standard InChI is InChI=1S/C24H26F2N2O2S/c1-3-21(16(2)25)28(22(29)15-18-11-8-14-31-18)23(19-12-6-7-13-20(19)26)24(30)27-17-9-4-5-10-17/h3,6-8,11-14,17,23H,1,4-5,9-10,15H2,2H3,(H,27,30). The minimum absolute atomic E-state index is 0.0122. The molecule has 164 valence electrons. The highest BCUT2D eigenvalue weighted by atomic mass is 32.1. The van der Waals surface area contributed by atoms with Crippen molar-refractivity contribution >= 4 is 23.2 Å². The summed E-state index contributed by atoms with van der Waals surface area (Å²) in [5.74, 6) is -2.35. The smallest absolute Gasteiger partial charge is 0.248 e. The number of hydrogen-bond donors (Lipinski definition) is 1. The zero-order valence-corrected chi connectivity index (χ0v) is 18.3. The highest BCUT2D eigenvalue weighted by molar-refractivity contribution is 7.10. The van der Waals surface area contributed by atoms with E-state index in [2.05, 4.69) is 11.9 Å². The van der Waals surface area contributed by atoms with Crippen LogP contribution in [0.2, 0.25) is 0 Å². The monoisotopic (exact) mass is 444 g/mol. The summed E-state index contributed by atoms with van der Waals surface area (Å²) < 4.78 is 29.3. The average molecular weight is 445 g/mol. The van der Waals surface area contributed by atoms with Crippen LogP contribution in [0.25, 0.3) is 0 Å². The van der Waals surface area contributed by atoms with Gasteiger partial charge < -0.3 is 5.32 Å². The average Bonchev–Trinajstić information content (AvgIpc) is 3.43. The van der Waals surface area contributed by atoms with Crippen LogP contribution in [-0.2, 0) is 16.0 Å². The third-order valence-corrected chi connectivity index (χ3v) is 6.26.